The average molecular weight is 259 g/mol. The number of aryl methyl sites for hydroxylation is 1. The monoisotopic (exact) mass is 259 g/mol. The topological polar surface area (TPSA) is 26.0 Å². The van der Waals surface area contributed by atoms with Gasteiger partial charge in [0.05, 0.1) is 5.56 Å². The molecular weight excluding hydrogens is 239 g/mol. The van der Waals surface area contributed by atoms with Crippen molar-refractivity contribution in [3.05, 3.63) is 34.9 Å². The van der Waals surface area contributed by atoms with Gasteiger partial charge in [-0.2, -0.15) is 13.2 Å². The Morgan fingerprint density at radius 3 is 2.11 bits per heavy atom. The van der Waals surface area contributed by atoms with Crippen LogP contribution in [0.1, 0.15) is 43.9 Å². The molecule has 2 N–H and O–H groups in total. The standard InChI is InChI=1S/C14H20F3N/c1-5-13(18,9(2)3)12-7-6-11(8-10(12)4)14(15,16)17/h6-9H,5,18H2,1-4H3. The second kappa shape index (κ2) is 4.92. The molecule has 1 atom stereocenters. The van der Waals surface area contributed by atoms with Crippen molar-refractivity contribution in [3.8, 4) is 0 Å². The van der Waals surface area contributed by atoms with Crippen LogP contribution in [0.2, 0.25) is 0 Å². The Morgan fingerprint density at radius 2 is 1.78 bits per heavy atom. The maximum absolute atomic E-state index is 12.6. The molecule has 4 heteroatoms. The lowest BCUT2D eigenvalue weighted by Gasteiger charge is -2.34. The molecule has 0 spiro atoms. The first-order valence-corrected chi connectivity index (χ1v) is 6.10. The summed E-state index contributed by atoms with van der Waals surface area (Å²) in [5.41, 5.74) is 6.54. The summed E-state index contributed by atoms with van der Waals surface area (Å²) in [6.07, 6.45) is -3.61. The van der Waals surface area contributed by atoms with E-state index < -0.39 is 17.3 Å². The molecule has 1 unspecified atom stereocenters. The van der Waals surface area contributed by atoms with Crippen LogP contribution < -0.4 is 5.73 Å². The summed E-state index contributed by atoms with van der Waals surface area (Å²) < 4.78 is 37.8. The van der Waals surface area contributed by atoms with Crippen LogP contribution in [0, 0.1) is 12.8 Å². The molecule has 0 saturated carbocycles. The Bertz CT molecular complexity index is 424. The zero-order valence-electron chi connectivity index (χ0n) is 11.2. The third-order valence-electron chi connectivity index (χ3n) is 3.67. The molecule has 1 aromatic rings. The van der Waals surface area contributed by atoms with E-state index in [1.807, 2.05) is 20.8 Å². The molecule has 0 fully saturated rings. The van der Waals surface area contributed by atoms with Crippen molar-refractivity contribution in [2.24, 2.45) is 11.7 Å². The predicted octanol–water partition coefficient (Wildman–Crippen LogP) is 4.23. The molecule has 0 heterocycles. The molecule has 1 nitrogen and oxygen atoms in total. The van der Waals surface area contributed by atoms with E-state index in [1.165, 1.54) is 12.1 Å². The van der Waals surface area contributed by atoms with E-state index in [1.54, 1.807) is 6.92 Å². The SMILES string of the molecule is CCC(N)(c1ccc(C(F)(F)F)cc1C)C(C)C. The molecule has 0 aromatic heterocycles. The highest BCUT2D eigenvalue weighted by molar-refractivity contribution is 5.37. The van der Waals surface area contributed by atoms with Gasteiger partial charge in [0.2, 0.25) is 0 Å². The summed E-state index contributed by atoms with van der Waals surface area (Å²) >= 11 is 0. The Labute approximate surface area is 106 Å². The molecule has 1 aromatic carbocycles. The van der Waals surface area contributed by atoms with Crippen molar-refractivity contribution < 1.29 is 13.2 Å². The third kappa shape index (κ3) is 2.69. The Balaban J connectivity index is 3.29. The number of nitrogens with two attached hydrogens (primary N) is 1. The fourth-order valence-corrected chi connectivity index (χ4v) is 2.27. The average Bonchev–Trinajstić information content (AvgIpc) is 2.26. The van der Waals surface area contributed by atoms with Crippen molar-refractivity contribution >= 4 is 0 Å². The van der Waals surface area contributed by atoms with Gasteiger partial charge in [-0.25, -0.2) is 0 Å². The number of benzene rings is 1. The van der Waals surface area contributed by atoms with Gasteiger partial charge in [-0.3, -0.25) is 0 Å². The van der Waals surface area contributed by atoms with Gasteiger partial charge in [0.1, 0.15) is 0 Å². The lowest BCUT2D eigenvalue weighted by molar-refractivity contribution is -0.137. The van der Waals surface area contributed by atoms with Crippen LogP contribution in [0.4, 0.5) is 13.2 Å². The smallest absolute Gasteiger partial charge is 0.321 e. The van der Waals surface area contributed by atoms with Crippen LogP contribution in [0.25, 0.3) is 0 Å². The highest BCUT2D eigenvalue weighted by Crippen LogP contribution is 2.36. The molecular formula is C14H20F3N. The molecule has 1 rings (SSSR count). The van der Waals surface area contributed by atoms with E-state index >= 15 is 0 Å². The summed E-state index contributed by atoms with van der Waals surface area (Å²) in [6.45, 7) is 7.61. The molecule has 0 aliphatic rings. The van der Waals surface area contributed by atoms with Gasteiger partial charge in [-0.15, -0.1) is 0 Å². The fraction of sp³-hybridized carbons (Fsp3) is 0.571. The van der Waals surface area contributed by atoms with Gasteiger partial charge >= 0.3 is 6.18 Å². The van der Waals surface area contributed by atoms with Crippen LogP contribution >= 0.6 is 0 Å². The highest BCUT2D eigenvalue weighted by Gasteiger charge is 2.34. The summed E-state index contributed by atoms with van der Waals surface area (Å²) in [5.74, 6) is 0.165. The van der Waals surface area contributed by atoms with Gasteiger partial charge in [-0.05, 0) is 42.5 Å². The Hall–Kier alpha value is -1.03. The lowest BCUT2D eigenvalue weighted by Crippen LogP contribution is -2.42. The maximum atomic E-state index is 12.6. The largest absolute Gasteiger partial charge is 0.416 e. The predicted molar refractivity (Wildman–Crippen MR) is 67.2 cm³/mol. The van der Waals surface area contributed by atoms with Crippen molar-refractivity contribution in [2.75, 3.05) is 0 Å². The molecule has 18 heavy (non-hydrogen) atoms. The first-order chi connectivity index (χ1) is 8.13. The van der Waals surface area contributed by atoms with Crippen LogP contribution in [0.15, 0.2) is 18.2 Å². The number of hydrogen-bond acceptors (Lipinski definition) is 1. The molecule has 0 radical (unpaired) electrons. The summed E-state index contributed by atoms with van der Waals surface area (Å²) in [6, 6.07) is 3.80. The summed E-state index contributed by atoms with van der Waals surface area (Å²) in [4.78, 5) is 0. The molecule has 102 valence electrons. The van der Waals surface area contributed by atoms with E-state index in [9.17, 15) is 13.2 Å². The second-order valence-corrected chi connectivity index (χ2v) is 5.08. The molecule has 0 aliphatic heterocycles. The zero-order valence-corrected chi connectivity index (χ0v) is 11.2. The molecule has 0 saturated heterocycles. The van der Waals surface area contributed by atoms with Crippen molar-refractivity contribution in [2.45, 2.75) is 45.8 Å². The number of rotatable bonds is 3. The first kappa shape index (κ1) is 15.0. The van der Waals surface area contributed by atoms with Crippen LogP contribution in [0.3, 0.4) is 0 Å². The van der Waals surface area contributed by atoms with E-state index in [2.05, 4.69) is 0 Å². The minimum Gasteiger partial charge on any atom is -0.321 e. The van der Waals surface area contributed by atoms with Gasteiger partial charge in [0.25, 0.3) is 0 Å². The minimum absolute atomic E-state index is 0.165. The molecule has 0 aliphatic carbocycles. The number of halogens is 3. The van der Waals surface area contributed by atoms with E-state index in [0.29, 0.717) is 12.0 Å². The second-order valence-electron chi connectivity index (χ2n) is 5.08. The fourth-order valence-electron chi connectivity index (χ4n) is 2.27. The van der Waals surface area contributed by atoms with Gasteiger partial charge in [0, 0.05) is 5.54 Å². The lowest BCUT2D eigenvalue weighted by atomic mass is 9.76. The van der Waals surface area contributed by atoms with E-state index in [0.717, 1.165) is 11.6 Å². The Morgan fingerprint density at radius 1 is 1.22 bits per heavy atom. The van der Waals surface area contributed by atoms with Crippen molar-refractivity contribution in [1.29, 1.82) is 0 Å². The zero-order chi connectivity index (χ0) is 14.1. The molecule has 0 amide bonds. The van der Waals surface area contributed by atoms with Gasteiger partial charge < -0.3 is 5.73 Å². The van der Waals surface area contributed by atoms with Crippen LogP contribution in [-0.4, -0.2) is 0 Å². The van der Waals surface area contributed by atoms with Crippen molar-refractivity contribution in [1.82, 2.24) is 0 Å². The van der Waals surface area contributed by atoms with Crippen LogP contribution in [-0.2, 0) is 11.7 Å². The Kier molecular flexibility index (Phi) is 4.11. The third-order valence-corrected chi connectivity index (χ3v) is 3.67. The normalized spacial score (nSPS) is 15.8. The molecule has 0 bridgehead atoms. The summed E-state index contributed by atoms with van der Waals surface area (Å²) in [5, 5.41) is 0. The number of hydrogen-bond donors (Lipinski definition) is 1. The summed E-state index contributed by atoms with van der Waals surface area (Å²) in [7, 11) is 0. The highest BCUT2D eigenvalue weighted by atomic mass is 19.4. The number of alkyl halides is 3. The quantitative estimate of drug-likeness (QED) is 0.863. The van der Waals surface area contributed by atoms with Crippen molar-refractivity contribution in [3.63, 3.8) is 0 Å². The van der Waals surface area contributed by atoms with Crippen LogP contribution in [0.5, 0.6) is 0 Å². The van der Waals surface area contributed by atoms with E-state index in [-0.39, 0.29) is 5.92 Å². The van der Waals surface area contributed by atoms with Gasteiger partial charge in [-0.1, -0.05) is 26.8 Å². The first-order valence-electron chi connectivity index (χ1n) is 6.10. The van der Waals surface area contributed by atoms with Gasteiger partial charge in [0.15, 0.2) is 0 Å². The minimum atomic E-state index is -4.30. The maximum Gasteiger partial charge on any atom is 0.416 e. The van der Waals surface area contributed by atoms with E-state index in [4.69, 9.17) is 5.73 Å².